The van der Waals surface area contributed by atoms with Gasteiger partial charge in [-0.25, -0.2) is 8.42 Å². The van der Waals surface area contributed by atoms with Crippen LogP contribution in [0.1, 0.15) is 23.2 Å². The second kappa shape index (κ2) is 6.19. The maximum absolute atomic E-state index is 12.0. The summed E-state index contributed by atoms with van der Waals surface area (Å²) in [6.45, 7) is -0.260. The third-order valence-electron chi connectivity index (χ3n) is 3.84. The minimum atomic E-state index is -3.02. The van der Waals surface area contributed by atoms with Gasteiger partial charge in [-0.1, -0.05) is 0 Å². The first-order valence-electron chi connectivity index (χ1n) is 7.22. The third-order valence-corrected chi connectivity index (χ3v) is 5.68. The first-order valence-corrected chi connectivity index (χ1v) is 9.04. The smallest absolute Gasteiger partial charge is 0.306 e. The summed E-state index contributed by atoms with van der Waals surface area (Å²) in [4.78, 5) is 23.7. The number of benzene rings is 1. The van der Waals surface area contributed by atoms with Gasteiger partial charge >= 0.3 is 5.97 Å². The molecule has 0 spiro atoms. The zero-order chi connectivity index (χ0) is 16.4. The number of carbonyl (C=O) groups is 2. The van der Waals surface area contributed by atoms with Gasteiger partial charge in [0.05, 0.1) is 11.5 Å². The highest BCUT2D eigenvalue weighted by Crippen LogP contribution is 2.32. The van der Waals surface area contributed by atoms with E-state index in [1.54, 1.807) is 18.2 Å². The number of hydrogen-bond acceptors (Lipinski definition) is 7. The van der Waals surface area contributed by atoms with E-state index < -0.39 is 15.8 Å². The molecule has 2 heterocycles. The molecular weight excluding hydrogens is 324 g/mol. The van der Waals surface area contributed by atoms with Crippen LogP contribution < -0.4 is 9.47 Å². The van der Waals surface area contributed by atoms with Crippen molar-refractivity contribution in [1.29, 1.82) is 0 Å². The molecule has 8 heteroatoms. The first-order chi connectivity index (χ1) is 10.9. The zero-order valence-corrected chi connectivity index (χ0v) is 13.1. The van der Waals surface area contributed by atoms with E-state index in [1.807, 2.05) is 0 Å². The van der Waals surface area contributed by atoms with Crippen LogP contribution in [-0.4, -0.2) is 45.1 Å². The summed E-state index contributed by atoms with van der Waals surface area (Å²) >= 11 is 0. The summed E-state index contributed by atoms with van der Waals surface area (Å²) in [5.41, 5.74) is 0.366. The van der Waals surface area contributed by atoms with Crippen LogP contribution in [0.5, 0.6) is 11.5 Å². The lowest BCUT2D eigenvalue weighted by Crippen LogP contribution is -2.17. The summed E-state index contributed by atoms with van der Waals surface area (Å²) in [5, 5.41) is 0. The minimum Gasteiger partial charge on any atom is -0.457 e. The predicted molar refractivity (Wildman–Crippen MR) is 79.2 cm³/mol. The molecule has 1 atom stereocenters. The quantitative estimate of drug-likeness (QED) is 0.582. The van der Waals surface area contributed by atoms with E-state index in [1.165, 1.54) is 0 Å². The van der Waals surface area contributed by atoms with Crippen LogP contribution in [0, 0.1) is 5.92 Å². The Morgan fingerprint density at radius 1 is 1.22 bits per heavy atom. The van der Waals surface area contributed by atoms with Crippen molar-refractivity contribution in [1.82, 2.24) is 0 Å². The number of carbonyl (C=O) groups excluding carboxylic acids is 2. The predicted octanol–water partition coefficient (Wildman–Crippen LogP) is 0.966. The van der Waals surface area contributed by atoms with E-state index >= 15 is 0 Å². The second-order valence-corrected chi connectivity index (χ2v) is 7.85. The maximum Gasteiger partial charge on any atom is 0.306 e. The van der Waals surface area contributed by atoms with Crippen molar-refractivity contribution in [3.8, 4) is 11.5 Å². The standard InChI is InChI=1S/C15H16O7S/c16-12(11-1-2-13-14(6-11)22-9-21-13)7-20-15(17)5-10-3-4-23(18,19)8-10/h1-2,6,10H,3-5,7-9H2/t10-/m1/s1. The van der Waals surface area contributed by atoms with Crippen molar-refractivity contribution >= 4 is 21.6 Å². The van der Waals surface area contributed by atoms with Gasteiger partial charge in [0, 0.05) is 12.0 Å². The van der Waals surface area contributed by atoms with Gasteiger partial charge in [-0.15, -0.1) is 0 Å². The van der Waals surface area contributed by atoms with E-state index in [2.05, 4.69) is 0 Å². The molecule has 7 nitrogen and oxygen atoms in total. The zero-order valence-electron chi connectivity index (χ0n) is 12.3. The molecule has 2 aliphatic heterocycles. The van der Waals surface area contributed by atoms with Crippen LogP contribution in [0.2, 0.25) is 0 Å². The molecule has 3 rings (SSSR count). The van der Waals surface area contributed by atoms with Crippen LogP contribution >= 0.6 is 0 Å². The molecule has 0 N–H and O–H groups in total. The first kappa shape index (κ1) is 15.8. The van der Waals surface area contributed by atoms with Gasteiger partial charge in [0.2, 0.25) is 6.79 Å². The molecule has 0 radical (unpaired) electrons. The number of ether oxygens (including phenoxy) is 3. The van der Waals surface area contributed by atoms with E-state index in [9.17, 15) is 18.0 Å². The van der Waals surface area contributed by atoms with Gasteiger partial charge < -0.3 is 14.2 Å². The largest absolute Gasteiger partial charge is 0.457 e. The molecule has 0 unspecified atom stereocenters. The van der Waals surface area contributed by atoms with Crippen LogP contribution in [-0.2, 0) is 19.4 Å². The van der Waals surface area contributed by atoms with Crippen LogP contribution in [0.15, 0.2) is 18.2 Å². The third kappa shape index (κ3) is 3.82. The lowest BCUT2D eigenvalue weighted by atomic mass is 10.1. The summed E-state index contributed by atoms with van der Waals surface area (Å²) < 4.78 is 38.0. The molecule has 2 aliphatic rings. The van der Waals surface area contributed by atoms with Gasteiger partial charge in [-0.3, -0.25) is 9.59 Å². The van der Waals surface area contributed by atoms with Crippen molar-refractivity contribution < 1.29 is 32.2 Å². The van der Waals surface area contributed by atoms with Gasteiger partial charge in [0.25, 0.3) is 0 Å². The number of fused-ring (bicyclic) bond motifs is 1. The van der Waals surface area contributed by atoms with Gasteiger partial charge in [0.15, 0.2) is 33.7 Å². The van der Waals surface area contributed by atoms with Crippen molar-refractivity contribution in [2.75, 3.05) is 24.9 Å². The Bertz CT molecular complexity index is 738. The molecular formula is C15H16O7S. The Labute approximate surface area is 133 Å². The van der Waals surface area contributed by atoms with E-state index in [0.29, 0.717) is 23.5 Å². The Balaban J connectivity index is 1.50. The summed E-state index contributed by atoms with van der Waals surface area (Å²) in [7, 11) is -3.02. The van der Waals surface area contributed by atoms with Crippen molar-refractivity contribution in [3.05, 3.63) is 23.8 Å². The molecule has 124 valence electrons. The fourth-order valence-corrected chi connectivity index (χ4v) is 4.49. The monoisotopic (exact) mass is 340 g/mol. The number of hydrogen-bond donors (Lipinski definition) is 0. The molecule has 1 aromatic carbocycles. The van der Waals surface area contributed by atoms with Gasteiger partial charge in [0.1, 0.15) is 0 Å². The molecule has 23 heavy (non-hydrogen) atoms. The fourth-order valence-electron chi connectivity index (χ4n) is 2.63. The number of esters is 1. The molecule has 1 fully saturated rings. The number of ketones is 1. The summed E-state index contributed by atoms with van der Waals surface area (Å²) in [6.07, 6.45) is 0.487. The fraction of sp³-hybridized carbons (Fsp3) is 0.467. The topological polar surface area (TPSA) is 96.0 Å². The highest BCUT2D eigenvalue weighted by molar-refractivity contribution is 7.91. The highest BCUT2D eigenvalue weighted by Gasteiger charge is 2.30. The Hall–Kier alpha value is -2.09. The Morgan fingerprint density at radius 2 is 2.00 bits per heavy atom. The average molecular weight is 340 g/mol. The van der Waals surface area contributed by atoms with E-state index in [-0.39, 0.29) is 43.0 Å². The van der Waals surface area contributed by atoms with Crippen molar-refractivity contribution in [2.24, 2.45) is 5.92 Å². The lowest BCUT2D eigenvalue weighted by molar-refractivity contribution is -0.143. The molecule has 0 amide bonds. The van der Waals surface area contributed by atoms with Crippen molar-refractivity contribution in [3.63, 3.8) is 0 Å². The lowest BCUT2D eigenvalue weighted by Gasteiger charge is -2.08. The van der Waals surface area contributed by atoms with Gasteiger partial charge in [-0.2, -0.15) is 0 Å². The highest BCUT2D eigenvalue weighted by atomic mass is 32.2. The van der Waals surface area contributed by atoms with Crippen LogP contribution in [0.4, 0.5) is 0 Å². The molecule has 1 saturated heterocycles. The Kier molecular flexibility index (Phi) is 4.25. The van der Waals surface area contributed by atoms with Crippen molar-refractivity contribution in [2.45, 2.75) is 12.8 Å². The SMILES string of the molecule is O=C(C[C@H]1CCS(=O)(=O)C1)OCC(=O)c1ccc2c(c1)OCO2. The molecule has 0 bridgehead atoms. The number of sulfone groups is 1. The average Bonchev–Trinajstić information content (AvgIpc) is 3.10. The Morgan fingerprint density at radius 3 is 2.74 bits per heavy atom. The summed E-state index contributed by atoms with van der Waals surface area (Å²) in [6, 6.07) is 4.75. The number of rotatable bonds is 5. The molecule has 1 aromatic rings. The second-order valence-electron chi connectivity index (χ2n) is 5.63. The molecule has 0 saturated carbocycles. The van der Waals surface area contributed by atoms with Crippen LogP contribution in [0.3, 0.4) is 0 Å². The number of Topliss-reactive ketones (excluding diaryl/α,β-unsaturated/α-hetero) is 1. The van der Waals surface area contributed by atoms with Gasteiger partial charge in [-0.05, 0) is 30.5 Å². The van der Waals surface area contributed by atoms with E-state index in [0.717, 1.165) is 0 Å². The minimum absolute atomic E-state index is 0.0121. The molecule has 0 aliphatic carbocycles. The normalized spacial score (nSPS) is 21.1. The maximum atomic E-state index is 12.0. The summed E-state index contributed by atoms with van der Waals surface area (Å²) in [5.74, 6) is 0.0589. The van der Waals surface area contributed by atoms with E-state index in [4.69, 9.17) is 14.2 Å². The van der Waals surface area contributed by atoms with Crippen LogP contribution in [0.25, 0.3) is 0 Å². The molecule has 0 aromatic heterocycles.